The first-order valence-corrected chi connectivity index (χ1v) is 8.35. The van der Waals surface area contributed by atoms with Gasteiger partial charge in [0.25, 0.3) is 0 Å². The SMILES string of the molecule is Cc1nc(CN(C)CC2(CS)CCCCC2)cs1. The van der Waals surface area contributed by atoms with E-state index < -0.39 is 0 Å². The number of hydrogen-bond donors (Lipinski definition) is 1. The molecule has 0 radical (unpaired) electrons. The van der Waals surface area contributed by atoms with Crippen molar-refractivity contribution in [3.05, 3.63) is 16.1 Å². The van der Waals surface area contributed by atoms with Crippen LogP contribution < -0.4 is 0 Å². The fraction of sp³-hybridized carbons (Fsp3) is 0.786. The molecule has 0 N–H and O–H groups in total. The van der Waals surface area contributed by atoms with Gasteiger partial charge in [-0.2, -0.15) is 12.6 Å². The lowest BCUT2D eigenvalue weighted by atomic mass is 9.75. The van der Waals surface area contributed by atoms with Crippen molar-refractivity contribution >= 4 is 24.0 Å². The Labute approximate surface area is 120 Å². The van der Waals surface area contributed by atoms with Gasteiger partial charge in [-0.25, -0.2) is 4.98 Å². The van der Waals surface area contributed by atoms with E-state index in [9.17, 15) is 0 Å². The van der Waals surface area contributed by atoms with Gasteiger partial charge in [-0.15, -0.1) is 11.3 Å². The number of hydrogen-bond acceptors (Lipinski definition) is 4. The Kier molecular flexibility index (Phi) is 5.10. The Morgan fingerprint density at radius 2 is 2.11 bits per heavy atom. The van der Waals surface area contributed by atoms with Crippen LogP contribution >= 0.6 is 24.0 Å². The Morgan fingerprint density at radius 1 is 1.39 bits per heavy atom. The van der Waals surface area contributed by atoms with Crippen molar-refractivity contribution in [3.63, 3.8) is 0 Å². The molecule has 2 rings (SSSR count). The van der Waals surface area contributed by atoms with Gasteiger partial charge in [0, 0.05) is 18.5 Å². The van der Waals surface area contributed by atoms with Crippen LogP contribution in [-0.4, -0.2) is 29.2 Å². The minimum absolute atomic E-state index is 0.446. The third-order valence-corrected chi connectivity index (χ3v) is 5.45. The van der Waals surface area contributed by atoms with Crippen LogP contribution in [0.25, 0.3) is 0 Å². The molecule has 0 unspecified atom stereocenters. The van der Waals surface area contributed by atoms with E-state index in [-0.39, 0.29) is 0 Å². The van der Waals surface area contributed by atoms with Crippen molar-refractivity contribution in [1.29, 1.82) is 0 Å². The second-order valence-electron chi connectivity index (χ2n) is 5.75. The Balaban J connectivity index is 1.90. The summed E-state index contributed by atoms with van der Waals surface area (Å²) in [6, 6.07) is 0. The lowest BCUT2D eigenvalue weighted by molar-refractivity contribution is 0.140. The number of aromatic nitrogens is 1. The number of rotatable bonds is 5. The van der Waals surface area contributed by atoms with Gasteiger partial charge in [0.05, 0.1) is 10.7 Å². The van der Waals surface area contributed by atoms with E-state index >= 15 is 0 Å². The van der Waals surface area contributed by atoms with Gasteiger partial charge >= 0.3 is 0 Å². The molecule has 0 saturated heterocycles. The Bertz CT molecular complexity index is 370. The zero-order chi connectivity index (χ0) is 13.0. The zero-order valence-corrected chi connectivity index (χ0v) is 13.2. The summed E-state index contributed by atoms with van der Waals surface area (Å²) in [6.45, 7) is 4.21. The van der Waals surface area contributed by atoms with Crippen LogP contribution in [0.2, 0.25) is 0 Å². The largest absolute Gasteiger partial charge is 0.300 e. The molecule has 0 aromatic carbocycles. The summed E-state index contributed by atoms with van der Waals surface area (Å²) >= 11 is 6.36. The van der Waals surface area contributed by atoms with Gasteiger partial charge in [0.2, 0.25) is 0 Å². The summed E-state index contributed by atoms with van der Waals surface area (Å²) in [5.41, 5.74) is 1.66. The second-order valence-corrected chi connectivity index (χ2v) is 7.13. The van der Waals surface area contributed by atoms with E-state index in [1.165, 1.54) is 42.8 Å². The average Bonchev–Trinajstić information content (AvgIpc) is 2.75. The van der Waals surface area contributed by atoms with Crippen LogP contribution in [0.4, 0.5) is 0 Å². The van der Waals surface area contributed by atoms with Crippen LogP contribution in [0.1, 0.15) is 42.8 Å². The number of nitrogens with zero attached hydrogens (tertiary/aromatic N) is 2. The summed E-state index contributed by atoms with van der Waals surface area (Å²) in [5.74, 6) is 1.02. The molecule has 0 aliphatic heterocycles. The average molecular weight is 284 g/mol. The van der Waals surface area contributed by atoms with E-state index in [2.05, 4.69) is 41.9 Å². The number of thiol groups is 1. The molecule has 0 spiro atoms. The fourth-order valence-electron chi connectivity index (χ4n) is 3.05. The lowest BCUT2D eigenvalue weighted by Crippen LogP contribution is -2.38. The highest BCUT2D eigenvalue weighted by molar-refractivity contribution is 7.80. The molecule has 18 heavy (non-hydrogen) atoms. The molecular weight excluding hydrogens is 260 g/mol. The molecule has 1 aliphatic carbocycles. The van der Waals surface area contributed by atoms with Crippen molar-refractivity contribution < 1.29 is 0 Å². The quantitative estimate of drug-likeness (QED) is 0.829. The van der Waals surface area contributed by atoms with Crippen LogP contribution in [0, 0.1) is 12.3 Å². The van der Waals surface area contributed by atoms with E-state index in [0.717, 1.165) is 18.8 Å². The van der Waals surface area contributed by atoms with Crippen molar-refractivity contribution in [2.75, 3.05) is 19.3 Å². The van der Waals surface area contributed by atoms with Gasteiger partial charge in [0.15, 0.2) is 0 Å². The van der Waals surface area contributed by atoms with Crippen LogP contribution in [0.5, 0.6) is 0 Å². The Morgan fingerprint density at radius 3 is 2.67 bits per heavy atom. The molecule has 1 aliphatic rings. The van der Waals surface area contributed by atoms with Gasteiger partial charge in [0.1, 0.15) is 0 Å². The predicted molar refractivity (Wildman–Crippen MR) is 82.6 cm³/mol. The number of aryl methyl sites for hydroxylation is 1. The normalized spacial score (nSPS) is 19.3. The highest BCUT2D eigenvalue weighted by Crippen LogP contribution is 2.38. The van der Waals surface area contributed by atoms with Gasteiger partial charge in [-0.1, -0.05) is 19.3 Å². The summed E-state index contributed by atoms with van der Waals surface area (Å²) in [6.07, 6.45) is 6.85. The molecule has 1 fully saturated rings. The van der Waals surface area contributed by atoms with Gasteiger partial charge in [-0.05, 0) is 38.0 Å². The second kappa shape index (κ2) is 6.40. The van der Waals surface area contributed by atoms with Crippen molar-refractivity contribution in [1.82, 2.24) is 9.88 Å². The number of thiazole rings is 1. The maximum atomic E-state index is 4.61. The van der Waals surface area contributed by atoms with Crippen molar-refractivity contribution in [2.45, 2.75) is 45.6 Å². The molecule has 1 aromatic rings. The van der Waals surface area contributed by atoms with Crippen molar-refractivity contribution in [3.8, 4) is 0 Å². The minimum Gasteiger partial charge on any atom is -0.300 e. The molecule has 4 heteroatoms. The first kappa shape index (κ1) is 14.4. The predicted octanol–water partition coefficient (Wildman–Crippen LogP) is 3.76. The monoisotopic (exact) mass is 284 g/mol. The van der Waals surface area contributed by atoms with Crippen LogP contribution in [0.3, 0.4) is 0 Å². The summed E-state index contributed by atoms with van der Waals surface area (Å²) in [5, 5.41) is 3.35. The molecule has 0 amide bonds. The van der Waals surface area contributed by atoms with Gasteiger partial charge in [-0.3, -0.25) is 4.90 Å². The minimum atomic E-state index is 0.446. The molecule has 0 atom stereocenters. The molecule has 102 valence electrons. The summed E-state index contributed by atoms with van der Waals surface area (Å²) in [4.78, 5) is 6.98. The van der Waals surface area contributed by atoms with E-state index in [1.807, 2.05) is 0 Å². The maximum absolute atomic E-state index is 4.61. The molecular formula is C14H24N2S2. The first-order chi connectivity index (χ1) is 8.63. The topological polar surface area (TPSA) is 16.1 Å². The molecule has 1 saturated carbocycles. The fourth-order valence-corrected chi connectivity index (χ4v) is 4.07. The van der Waals surface area contributed by atoms with Gasteiger partial charge < -0.3 is 0 Å². The maximum Gasteiger partial charge on any atom is 0.0897 e. The third-order valence-electron chi connectivity index (χ3n) is 3.95. The van der Waals surface area contributed by atoms with Crippen LogP contribution in [0.15, 0.2) is 5.38 Å². The molecule has 1 heterocycles. The first-order valence-electron chi connectivity index (χ1n) is 6.84. The van der Waals surface area contributed by atoms with Crippen molar-refractivity contribution in [2.24, 2.45) is 5.41 Å². The highest BCUT2D eigenvalue weighted by Gasteiger charge is 2.31. The summed E-state index contributed by atoms with van der Waals surface area (Å²) in [7, 11) is 2.22. The summed E-state index contributed by atoms with van der Waals surface area (Å²) < 4.78 is 0. The lowest BCUT2D eigenvalue weighted by Gasteiger charge is -2.39. The van der Waals surface area contributed by atoms with E-state index in [1.54, 1.807) is 11.3 Å². The van der Waals surface area contributed by atoms with Crippen LogP contribution in [-0.2, 0) is 6.54 Å². The molecule has 1 aromatic heterocycles. The third kappa shape index (κ3) is 3.72. The zero-order valence-electron chi connectivity index (χ0n) is 11.5. The Hall–Kier alpha value is -0.0600. The van der Waals surface area contributed by atoms with E-state index in [4.69, 9.17) is 0 Å². The molecule has 2 nitrogen and oxygen atoms in total. The standard InChI is InChI=1S/C14H24N2S2/c1-12-15-13(9-18-12)8-16(2)10-14(11-17)6-4-3-5-7-14/h9,17H,3-8,10-11H2,1-2H3. The molecule has 0 bridgehead atoms. The smallest absolute Gasteiger partial charge is 0.0897 e. The van der Waals surface area contributed by atoms with E-state index in [0.29, 0.717) is 5.41 Å². The highest BCUT2D eigenvalue weighted by atomic mass is 32.1.